The summed E-state index contributed by atoms with van der Waals surface area (Å²) in [6.07, 6.45) is -3.35. The van der Waals surface area contributed by atoms with E-state index in [0.29, 0.717) is 10.6 Å². The Balaban J connectivity index is 2.93. The van der Waals surface area contributed by atoms with Gasteiger partial charge in [-0.25, -0.2) is 0 Å². The van der Waals surface area contributed by atoms with Crippen LogP contribution in [0.25, 0.3) is 6.08 Å². The third kappa shape index (κ3) is 3.35. The van der Waals surface area contributed by atoms with Crippen LogP contribution >= 0.6 is 27.5 Å². The van der Waals surface area contributed by atoms with E-state index in [9.17, 15) is 13.2 Å². The number of hydrogen-bond donors (Lipinski definition) is 0. The minimum atomic E-state index is -4.35. The molecule has 0 saturated carbocycles. The van der Waals surface area contributed by atoms with Gasteiger partial charge in [-0.3, -0.25) is 0 Å². The first-order valence-electron chi connectivity index (χ1n) is 3.59. The highest BCUT2D eigenvalue weighted by molar-refractivity contribution is 9.11. The van der Waals surface area contributed by atoms with Crippen molar-refractivity contribution in [2.45, 2.75) is 6.18 Å². The largest absolute Gasteiger partial charge is 0.422 e. The molecule has 0 unspecified atom stereocenters. The number of allylic oxidation sites excluding steroid dienone is 1. The Bertz CT molecular complexity index is 340. The van der Waals surface area contributed by atoms with E-state index in [-0.39, 0.29) is 0 Å². The standard InChI is InChI=1S/C9H5BrClF3/c10-8(9(12,13)14)5-6-1-3-7(11)4-2-6/h1-5H/b8-5-. The van der Waals surface area contributed by atoms with E-state index < -0.39 is 10.7 Å². The monoisotopic (exact) mass is 284 g/mol. The average Bonchev–Trinajstić information content (AvgIpc) is 2.07. The van der Waals surface area contributed by atoms with Crippen LogP contribution in [0.15, 0.2) is 28.7 Å². The molecule has 0 spiro atoms. The number of rotatable bonds is 1. The van der Waals surface area contributed by atoms with Gasteiger partial charge in [0, 0.05) is 5.02 Å². The minimum absolute atomic E-state index is 0.443. The SMILES string of the molecule is FC(F)(F)/C(Br)=C/c1ccc(Cl)cc1. The molecule has 0 heterocycles. The summed E-state index contributed by atoms with van der Waals surface area (Å²) >= 11 is 8.04. The van der Waals surface area contributed by atoms with Gasteiger partial charge in [-0.2, -0.15) is 13.2 Å². The van der Waals surface area contributed by atoms with E-state index in [0.717, 1.165) is 6.08 Å². The highest BCUT2D eigenvalue weighted by atomic mass is 79.9. The molecule has 1 aromatic rings. The van der Waals surface area contributed by atoms with Crippen LogP contribution in [-0.4, -0.2) is 6.18 Å². The van der Waals surface area contributed by atoms with Gasteiger partial charge < -0.3 is 0 Å². The topological polar surface area (TPSA) is 0 Å². The number of benzene rings is 1. The number of alkyl halides is 3. The van der Waals surface area contributed by atoms with E-state index in [1.54, 1.807) is 0 Å². The molecule has 0 radical (unpaired) electrons. The maximum Gasteiger partial charge on any atom is 0.422 e. The summed E-state index contributed by atoms with van der Waals surface area (Å²) in [4.78, 5) is 0. The Hall–Kier alpha value is -0.480. The third-order valence-electron chi connectivity index (χ3n) is 1.43. The molecule has 0 N–H and O–H groups in total. The molecular weight excluding hydrogens is 280 g/mol. The quantitative estimate of drug-likeness (QED) is 0.705. The Labute approximate surface area is 92.5 Å². The molecule has 0 aliphatic carbocycles. The van der Waals surface area contributed by atoms with Crippen molar-refractivity contribution in [1.29, 1.82) is 0 Å². The summed E-state index contributed by atoms with van der Waals surface area (Å²) < 4.78 is 35.4. The van der Waals surface area contributed by atoms with Gasteiger partial charge in [0.15, 0.2) is 0 Å². The molecule has 76 valence electrons. The van der Waals surface area contributed by atoms with Crippen molar-refractivity contribution in [2.24, 2.45) is 0 Å². The van der Waals surface area contributed by atoms with Crippen LogP contribution in [0.2, 0.25) is 5.02 Å². The second-order valence-electron chi connectivity index (χ2n) is 2.54. The Morgan fingerprint density at radius 2 is 1.71 bits per heavy atom. The zero-order chi connectivity index (χ0) is 10.8. The van der Waals surface area contributed by atoms with E-state index in [2.05, 4.69) is 15.9 Å². The highest BCUT2D eigenvalue weighted by Gasteiger charge is 2.31. The van der Waals surface area contributed by atoms with Crippen LogP contribution in [-0.2, 0) is 0 Å². The van der Waals surface area contributed by atoms with Crippen molar-refractivity contribution < 1.29 is 13.2 Å². The smallest absolute Gasteiger partial charge is 0.166 e. The Morgan fingerprint density at radius 1 is 1.21 bits per heavy atom. The molecule has 0 bridgehead atoms. The minimum Gasteiger partial charge on any atom is -0.166 e. The van der Waals surface area contributed by atoms with Crippen LogP contribution in [0, 0.1) is 0 Å². The Kier molecular flexibility index (Phi) is 3.61. The molecule has 0 nitrogen and oxygen atoms in total. The Morgan fingerprint density at radius 3 is 2.14 bits per heavy atom. The summed E-state index contributed by atoms with van der Waals surface area (Å²) in [7, 11) is 0. The number of halogens is 5. The second kappa shape index (κ2) is 4.36. The fourth-order valence-electron chi connectivity index (χ4n) is 0.787. The molecular formula is C9H5BrClF3. The molecule has 0 amide bonds. The predicted octanol–water partition coefficient (Wildman–Crippen LogP) is 4.64. The molecule has 0 fully saturated rings. The predicted molar refractivity (Wildman–Crippen MR) is 54.4 cm³/mol. The second-order valence-corrected chi connectivity index (χ2v) is 3.83. The lowest BCUT2D eigenvalue weighted by atomic mass is 10.2. The van der Waals surface area contributed by atoms with E-state index in [4.69, 9.17) is 11.6 Å². The van der Waals surface area contributed by atoms with Crippen molar-refractivity contribution >= 4 is 33.6 Å². The van der Waals surface area contributed by atoms with Crippen molar-refractivity contribution in [3.05, 3.63) is 39.3 Å². The lowest BCUT2D eigenvalue weighted by Crippen LogP contribution is -2.06. The van der Waals surface area contributed by atoms with Crippen LogP contribution in [0.1, 0.15) is 5.56 Å². The summed E-state index contributed by atoms with van der Waals surface area (Å²) in [6.45, 7) is 0. The summed E-state index contributed by atoms with van der Waals surface area (Å²) in [6, 6.07) is 6.08. The maximum absolute atomic E-state index is 12.1. The molecule has 14 heavy (non-hydrogen) atoms. The van der Waals surface area contributed by atoms with Gasteiger partial charge in [0.2, 0.25) is 0 Å². The molecule has 0 aliphatic rings. The van der Waals surface area contributed by atoms with E-state index >= 15 is 0 Å². The molecule has 0 aliphatic heterocycles. The van der Waals surface area contributed by atoms with Crippen LogP contribution in [0.5, 0.6) is 0 Å². The molecule has 5 heteroatoms. The fourth-order valence-corrected chi connectivity index (χ4v) is 1.18. The van der Waals surface area contributed by atoms with Crippen molar-refractivity contribution in [2.75, 3.05) is 0 Å². The van der Waals surface area contributed by atoms with E-state index in [1.807, 2.05) is 0 Å². The molecule has 1 aromatic carbocycles. The van der Waals surface area contributed by atoms with Gasteiger partial charge in [0.05, 0.1) is 4.48 Å². The van der Waals surface area contributed by atoms with E-state index in [1.165, 1.54) is 24.3 Å². The van der Waals surface area contributed by atoms with Gasteiger partial charge in [-0.1, -0.05) is 23.7 Å². The third-order valence-corrected chi connectivity index (χ3v) is 2.36. The van der Waals surface area contributed by atoms with Crippen LogP contribution in [0.4, 0.5) is 13.2 Å². The molecule has 1 rings (SSSR count). The van der Waals surface area contributed by atoms with Gasteiger partial charge >= 0.3 is 6.18 Å². The van der Waals surface area contributed by atoms with Gasteiger partial charge in [0.25, 0.3) is 0 Å². The van der Waals surface area contributed by atoms with Crippen molar-refractivity contribution in [3.63, 3.8) is 0 Å². The van der Waals surface area contributed by atoms with Crippen molar-refractivity contribution in [3.8, 4) is 0 Å². The first-order chi connectivity index (χ1) is 6.39. The average molecular weight is 285 g/mol. The molecule has 0 atom stereocenters. The lowest BCUT2D eigenvalue weighted by Gasteiger charge is -2.04. The van der Waals surface area contributed by atoms with Gasteiger partial charge in [0.1, 0.15) is 0 Å². The zero-order valence-corrected chi connectivity index (χ0v) is 9.12. The fraction of sp³-hybridized carbons (Fsp3) is 0.111. The summed E-state index contributed by atoms with van der Waals surface area (Å²) in [5.41, 5.74) is 0.443. The summed E-state index contributed by atoms with van der Waals surface area (Å²) in [5.74, 6) is 0. The van der Waals surface area contributed by atoms with Gasteiger partial charge in [-0.15, -0.1) is 0 Å². The first kappa shape index (κ1) is 11.6. The lowest BCUT2D eigenvalue weighted by molar-refractivity contribution is -0.0820. The van der Waals surface area contributed by atoms with Gasteiger partial charge in [-0.05, 0) is 39.7 Å². The molecule has 0 saturated heterocycles. The zero-order valence-electron chi connectivity index (χ0n) is 6.78. The normalized spacial score (nSPS) is 13.1. The van der Waals surface area contributed by atoms with Crippen LogP contribution < -0.4 is 0 Å². The highest BCUT2D eigenvalue weighted by Crippen LogP contribution is 2.31. The van der Waals surface area contributed by atoms with Crippen molar-refractivity contribution in [1.82, 2.24) is 0 Å². The molecule has 0 aromatic heterocycles. The number of hydrogen-bond acceptors (Lipinski definition) is 0. The maximum atomic E-state index is 12.1. The summed E-state index contributed by atoms with van der Waals surface area (Å²) in [5, 5.41) is 0.491. The first-order valence-corrected chi connectivity index (χ1v) is 4.76. The van der Waals surface area contributed by atoms with Crippen LogP contribution in [0.3, 0.4) is 0 Å².